The predicted molar refractivity (Wildman–Crippen MR) is 132 cm³/mol. The second-order valence-corrected chi connectivity index (χ2v) is 10.2. The quantitative estimate of drug-likeness (QED) is 0.566. The minimum atomic E-state index is -0.118. The van der Waals surface area contributed by atoms with Gasteiger partial charge in [0, 0.05) is 37.4 Å². The summed E-state index contributed by atoms with van der Waals surface area (Å²) in [5.41, 5.74) is 3.48. The highest BCUT2D eigenvalue weighted by atomic mass is 16.2. The molecule has 0 aromatic heterocycles. The van der Waals surface area contributed by atoms with Crippen molar-refractivity contribution in [1.82, 2.24) is 5.32 Å². The van der Waals surface area contributed by atoms with Crippen molar-refractivity contribution in [3.05, 3.63) is 59.7 Å². The van der Waals surface area contributed by atoms with E-state index in [1.54, 1.807) is 0 Å². The fourth-order valence-corrected chi connectivity index (χ4v) is 4.55. The molecule has 5 heteroatoms. The van der Waals surface area contributed by atoms with Gasteiger partial charge in [0.15, 0.2) is 0 Å². The molecule has 1 atom stereocenters. The van der Waals surface area contributed by atoms with Gasteiger partial charge in [-0.15, -0.1) is 0 Å². The first-order chi connectivity index (χ1) is 15.2. The molecule has 0 radical (unpaired) electrons. The molecule has 172 valence electrons. The van der Waals surface area contributed by atoms with Crippen LogP contribution in [0.1, 0.15) is 69.3 Å². The maximum absolute atomic E-state index is 13.1. The number of carbonyl (C=O) groups excluding carboxylic acids is 2. The summed E-state index contributed by atoms with van der Waals surface area (Å²) in [4.78, 5) is 28.0. The zero-order valence-electron chi connectivity index (χ0n) is 19.9. The summed E-state index contributed by atoms with van der Waals surface area (Å²) in [6.45, 7) is 11.1. The molecular formula is C27H37N3O2. The van der Waals surface area contributed by atoms with Crippen LogP contribution in [-0.4, -0.2) is 24.9 Å². The second-order valence-electron chi connectivity index (χ2n) is 10.2. The Bertz CT molecular complexity index is 912. The summed E-state index contributed by atoms with van der Waals surface area (Å²) in [6, 6.07) is 15.6. The summed E-state index contributed by atoms with van der Waals surface area (Å²) < 4.78 is 0. The van der Waals surface area contributed by atoms with E-state index in [2.05, 4.69) is 43.2 Å². The molecule has 1 heterocycles. The van der Waals surface area contributed by atoms with Gasteiger partial charge in [0.05, 0.1) is 5.56 Å². The van der Waals surface area contributed by atoms with Gasteiger partial charge in [-0.1, -0.05) is 58.0 Å². The molecule has 1 fully saturated rings. The summed E-state index contributed by atoms with van der Waals surface area (Å²) in [5, 5.41) is 6.05. The van der Waals surface area contributed by atoms with Crippen LogP contribution in [-0.2, 0) is 11.3 Å². The van der Waals surface area contributed by atoms with Gasteiger partial charge in [-0.05, 0) is 54.4 Å². The molecule has 1 aliphatic rings. The number of carbonyl (C=O) groups is 2. The van der Waals surface area contributed by atoms with E-state index in [0.717, 1.165) is 43.6 Å². The van der Waals surface area contributed by atoms with E-state index < -0.39 is 0 Å². The molecule has 32 heavy (non-hydrogen) atoms. The molecule has 0 saturated carbocycles. The van der Waals surface area contributed by atoms with Gasteiger partial charge in [0.2, 0.25) is 5.91 Å². The molecule has 0 bridgehead atoms. The Kier molecular flexibility index (Phi) is 7.94. The van der Waals surface area contributed by atoms with E-state index in [1.807, 2.05) is 48.5 Å². The number of rotatable bonds is 8. The lowest BCUT2D eigenvalue weighted by atomic mass is 9.84. The molecule has 2 N–H and O–H groups in total. The van der Waals surface area contributed by atoms with Crippen LogP contribution in [0.15, 0.2) is 48.5 Å². The summed E-state index contributed by atoms with van der Waals surface area (Å²) in [5.74, 6) is 0.173. The maximum Gasteiger partial charge on any atom is 0.253 e. The molecule has 0 aliphatic carbocycles. The maximum atomic E-state index is 13.1. The smallest absolute Gasteiger partial charge is 0.253 e. The standard InChI is InChI=1S/C27H37N3O2/c1-20(18-27(2,3)4)16-25(31)29-22-12-13-24(30-14-8-9-15-30)23(17-22)26(32)28-19-21-10-6-5-7-11-21/h5-7,10-13,17,20H,8-9,14-16,18-19H2,1-4H3,(H,28,32)(H,29,31)/t20-/m1/s1. The second kappa shape index (κ2) is 10.7. The van der Waals surface area contributed by atoms with Gasteiger partial charge in [-0.2, -0.15) is 0 Å². The number of nitrogens with one attached hydrogen (secondary N) is 2. The van der Waals surface area contributed by atoms with E-state index in [9.17, 15) is 9.59 Å². The van der Waals surface area contributed by atoms with Gasteiger partial charge >= 0.3 is 0 Å². The summed E-state index contributed by atoms with van der Waals surface area (Å²) >= 11 is 0. The molecule has 1 aliphatic heterocycles. The van der Waals surface area contributed by atoms with Gasteiger partial charge in [0.1, 0.15) is 0 Å². The van der Waals surface area contributed by atoms with Crippen LogP contribution in [0.5, 0.6) is 0 Å². The lowest BCUT2D eigenvalue weighted by Gasteiger charge is -2.23. The molecule has 0 spiro atoms. The van der Waals surface area contributed by atoms with Crippen LogP contribution >= 0.6 is 0 Å². The van der Waals surface area contributed by atoms with Crippen LogP contribution in [0.3, 0.4) is 0 Å². The van der Waals surface area contributed by atoms with E-state index >= 15 is 0 Å². The van der Waals surface area contributed by atoms with Gasteiger partial charge in [-0.25, -0.2) is 0 Å². The molecule has 2 amide bonds. The molecule has 5 nitrogen and oxygen atoms in total. The first-order valence-electron chi connectivity index (χ1n) is 11.7. The number of hydrogen-bond donors (Lipinski definition) is 2. The minimum absolute atomic E-state index is 0.00804. The Morgan fingerprint density at radius 2 is 1.72 bits per heavy atom. The van der Waals surface area contributed by atoms with E-state index in [4.69, 9.17) is 0 Å². The number of hydrogen-bond acceptors (Lipinski definition) is 3. The first-order valence-corrected chi connectivity index (χ1v) is 11.7. The lowest BCUT2D eigenvalue weighted by Crippen LogP contribution is -2.27. The average molecular weight is 436 g/mol. The molecule has 2 aromatic rings. The van der Waals surface area contributed by atoms with Crippen molar-refractivity contribution in [1.29, 1.82) is 0 Å². The third-order valence-electron chi connectivity index (χ3n) is 5.76. The number of anilines is 2. The fourth-order valence-electron chi connectivity index (χ4n) is 4.55. The Morgan fingerprint density at radius 1 is 1.03 bits per heavy atom. The third-order valence-corrected chi connectivity index (χ3v) is 5.76. The van der Waals surface area contributed by atoms with Gasteiger partial charge < -0.3 is 15.5 Å². The summed E-state index contributed by atoms with van der Waals surface area (Å²) in [6.07, 6.45) is 3.73. The number of benzene rings is 2. The molecular weight excluding hydrogens is 398 g/mol. The summed E-state index contributed by atoms with van der Waals surface area (Å²) in [7, 11) is 0. The Labute approximate surface area is 192 Å². The largest absolute Gasteiger partial charge is 0.371 e. The molecule has 1 saturated heterocycles. The highest BCUT2D eigenvalue weighted by Gasteiger charge is 2.21. The monoisotopic (exact) mass is 435 g/mol. The van der Waals surface area contributed by atoms with Crippen molar-refractivity contribution in [2.24, 2.45) is 11.3 Å². The zero-order valence-corrected chi connectivity index (χ0v) is 19.9. The van der Waals surface area contributed by atoms with Crippen molar-refractivity contribution in [3.63, 3.8) is 0 Å². The Balaban J connectivity index is 1.72. The zero-order chi connectivity index (χ0) is 23.1. The van der Waals surface area contributed by atoms with E-state index in [0.29, 0.717) is 30.1 Å². The SMILES string of the molecule is C[C@H](CC(=O)Nc1ccc(N2CCCC2)c(C(=O)NCc2ccccc2)c1)CC(C)(C)C. The van der Waals surface area contributed by atoms with E-state index in [1.165, 1.54) is 0 Å². The topological polar surface area (TPSA) is 61.4 Å². The number of amides is 2. The van der Waals surface area contributed by atoms with Crippen molar-refractivity contribution in [2.75, 3.05) is 23.3 Å². The Hall–Kier alpha value is -2.82. The number of nitrogens with zero attached hydrogens (tertiary/aromatic N) is 1. The van der Waals surface area contributed by atoms with E-state index in [-0.39, 0.29) is 17.2 Å². The van der Waals surface area contributed by atoms with Crippen molar-refractivity contribution >= 4 is 23.2 Å². The molecule has 0 unspecified atom stereocenters. The highest BCUT2D eigenvalue weighted by Crippen LogP contribution is 2.29. The van der Waals surface area contributed by atoms with Crippen LogP contribution in [0, 0.1) is 11.3 Å². The average Bonchev–Trinajstić information content (AvgIpc) is 3.26. The third kappa shape index (κ3) is 7.11. The molecule has 2 aromatic carbocycles. The van der Waals surface area contributed by atoms with Crippen molar-refractivity contribution in [2.45, 2.75) is 59.9 Å². The fraction of sp³-hybridized carbons (Fsp3) is 0.481. The van der Waals surface area contributed by atoms with Crippen LogP contribution in [0.25, 0.3) is 0 Å². The predicted octanol–water partition coefficient (Wildman–Crippen LogP) is 5.62. The lowest BCUT2D eigenvalue weighted by molar-refractivity contribution is -0.117. The van der Waals surface area contributed by atoms with Crippen LogP contribution in [0.2, 0.25) is 0 Å². The van der Waals surface area contributed by atoms with Gasteiger partial charge in [0.25, 0.3) is 5.91 Å². The highest BCUT2D eigenvalue weighted by molar-refractivity contribution is 6.02. The first kappa shape index (κ1) is 23.8. The minimum Gasteiger partial charge on any atom is -0.371 e. The van der Waals surface area contributed by atoms with Crippen LogP contribution < -0.4 is 15.5 Å². The van der Waals surface area contributed by atoms with Gasteiger partial charge in [-0.3, -0.25) is 9.59 Å². The van der Waals surface area contributed by atoms with Crippen LogP contribution in [0.4, 0.5) is 11.4 Å². The normalized spacial score (nSPS) is 14.8. The van der Waals surface area contributed by atoms with Crippen molar-refractivity contribution < 1.29 is 9.59 Å². The molecule has 3 rings (SSSR count). The van der Waals surface area contributed by atoms with Crippen molar-refractivity contribution in [3.8, 4) is 0 Å². The Morgan fingerprint density at radius 3 is 2.38 bits per heavy atom.